The van der Waals surface area contributed by atoms with Crippen molar-refractivity contribution in [3.63, 3.8) is 0 Å². The molecule has 0 saturated heterocycles. The highest BCUT2D eigenvalue weighted by molar-refractivity contribution is 4.95. The molecule has 14 heavy (non-hydrogen) atoms. The first-order valence-electron chi connectivity index (χ1n) is 5.37. The van der Waals surface area contributed by atoms with Gasteiger partial charge in [0.05, 0.1) is 6.10 Å². The van der Waals surface area contributed by atoms with Crippen LogP contribution in [0.2, 0.25) is 0 Å². The molecule has 3 N–H and O–H groups in total. The topological polar surface area (TPSA) is 46.2 Å². The van der Waals surface area contributed by atoms with Crippen LogP contribution in [-0.2, 0) is 0 Å². The van der Waals surface area contributed by atoms with Gasteiger partial charge in [-0.2, -0.15) is 0 Å². The van der Waals surface area contributed by atoms with Crippen LogP contribution in [0.3, 0.4) is 0 Å². The van der Waals surface area contributed by atoms with E-state index >= 15 is 0 Å². The van der Waals surface area contributed by atoms with Gasteiger partial charge in [-0.25, -0.2) is 0 Å². The Morgan fingerprint density at radius 2 is 1.43 bits per heavy atom. The smallest absolute Gasteiger partial charge is 0.0571 e. The molecule has 2 heteroatoms. The molecule has 0 aromatic heterocycles. The van der Waals surface area contributed by atoms with E-state index in [4.69, 9.17) is 5.73 Å². The van der Waals surface area contributed by atoms with E-state index in [1.54, 1.807) is 0 Å². The van der Waals surface area contributed by atoms with Gasteiger partial charge in [0.25, 0.3) is 0 Å². The van der Waals surface area contributed by atoms with Crippen LogP contribution in [0.5, 0.6) is 0 Å². The quantitative estimate of drug-likeness (QED) is 0.737. The van der Waals surface area contributed by atoms with Crippen LogP contribution in [-0.4, -0.2) is 16.7 Å². The number of rotatable bonds is 3. The van der Waals surface area contributed by atoms with E-state index in [1.807, 2.05) is 20.8 Å². The number of aliphatic hydroxyl groups excluding tert-OH is 1. The van der Waals surface area contributed by atoms with Gasteiger partial charge in [0.2, 0.25) is 0 Å². The average Bonchev–Trinajstić information content (AvgIpc) is 1.79. The molecule has 0 aliphatic rings. The Morgan fingerprint density at radius 3 is 1.50 bits per heavy atom. The first-order chi connectivity index (χ1) is 5.90. The van der Waals surface area contributed by atoms with Crippen LogP contribution in [0.15, 0.2) is 0 Å². The lowest BCUT2D eigenvalue weighted by molar-refractivity contribution is -0.0485. The van der Waals surface area contributed by atoms with Crippen molar-refractivity contribution in [3.8, 4) is 0 Å². The molecule has 86 valence electrons. The van der Waals surface area contributed by atoms with Gasteiger partial charge in [-0.05, 0) is 38.0 Å². The summed E-state index contributed by atoms with van der Waals surface area (Å²) in [6.07, 6.45) is 0.478. The molecule has 2 nitrogen and oxygen atoms in total. The zero-order valence-corrected chi connectivity index (χ0v) is 10.8. The fraction of sp³-hybridized carbons (Fsp3) is 1.00. The second-order valence-electron chi connectivity index (χ2n) is 6.51. The highest BCUT2D eigenvalue weighted by Crippen LogP contribution is 2.46. The third-order valence-corrected chi connectivity index (χ3v) is 3.46. The van der Waals surface area contributed by atoms with Gasteiger partial charge < -0.3 is 10.8 Å². The van der Waals surface area contributed by atoms with Gasteiger partial charge in [0, 0.05) is 5.54 Å². The number of hydrogen-bond acceptors (Lipinski definition) is 2. The maximum absolute atomic E-state index is 9.91. The van der Waals surface area contributed by atoms with E-state index in [0.29, 0.717) is 0 Å². The Morgan fingerprint density at radius 1 is 1.07 bits per heavy atom. The monoisotopic (exact) mass is 201 g/mol. The first-order valence-corrected chi connectivity index (χ1v) is 5.37. The van der Waals surface area contributed by atoms with E-state index in [9.17, 15) is 5.11 Å². The third kappa shape index (κ3) is 3.25. The Bertz CT molecular complexity index is 185. The molecule has 0 rings (SSSR count). The summed E-state index contributed by atoms with van der Waals surface area (Å²) in [5.74, 6) is 0. The number of hydrogen-bond donors (Lipinski definition) is 2. The Hall–Kier alpha value is -0.0800. The summed E-state index contributed by atoms with van der Waals surface area (Å²) in [5, 5.41) is 9.91. The molecule has 0 saturated carbocycles. The van der Waals surface area contributed by atoms with Crippen LogP contribution in [0, 0.1) is 10.8 Å². The molecule has 0 aromatic carbocycles. The van der Waals surface area contributed by atoms with E-state index in [0.717, 1.165) is 6.42 Å². The van der Waals surface area contributed by atoms with Crippen LogP contribution in [0.1, 0.15) is 54.9 Å². The molecular weight excluding hydrogens is 174 g/mol. The predicted molar refractivity (Wildman–Crippen MR) is 62.1 cm³/mol. The van der Waals surface area contributed by atoms with Crippen LogP contribution in [0.4, 0.5) is 0 Å². The largest absolute Gasteiger partial charge is 0.393 e. The van der Waals surface area contributed by atoms with E-state index in [1.165, 1.54) is 0 Å². The number of aliphatic hydroxyl groups is 1. The summed E-state index contributed by atoms with van der Waals surface area (Å²) in [7, 11) is 0. The summed E-state index contributed by atoms with van der Waals surface area (Å²) in [6, 6.07) is 0. The molecule has 0 aromatic rings. The molecule has 0 radical (unpaired) electrons. The first kappa shape index (κ1) is 13.9. The fourth-order valence-electron chi connectivity index (χ4n) is 1.99. The predicted octanol–water partition coefficient (Wildman–Crippen LogP) is 2.55. The third-order valence-electron chi connectivity index (χ3n) is 3.46. The van der Waals surface area contributed by atoms with Crippen molar-refractivity contribution in [1.82, 2.24) is 0 Å². The molecule has 0 heterocycles. The van der Waals surface area contributed by atoms with Crippen molar-refractivity contribution >= 4 is 0 Å². The molecule has 0 aliphatic heterocycles. The zero-order chi connectivity index (χ0) is 11.8. The summed E-state index contributed by atoms with van der Waals surface area (Å²) >= 11 is 0. The van der Waals surface area contributed by atoms with E-state index < -0.39 is 0 Å². The SMILES string of the molecule is CC(O)C(C)(CC(C)(C)N)C(C)(C)C. The highest BCUT2D eigenvalue weighted by Gasteiger charge is 2.43. The van der Waals surface area contributed by atoms with Crippen molar-refractivity contribution in [2.75, 3.05) is 0 Å². The maximum atomic E-state index is 9.91. The summed E-state index contributed by atoms with van der Waals surface area (Å²) in [6.45, 7) is 14.5. The molecule has 0 amide bonds. The molecular formula is C12H27NO. The van der Waals surface area contributed by atoms with Gasteiger partial charge in [0.15, 0.2) is 0 Å². The van der Waals surface area contributed by atoms with Crippen molar-refractivity contribution in [2.24, 2.45) is 16.6 Å². The van der Waals surface area contributed by atoms with Crippen molar-refractivity contribution in [3.05, 3.63) is 0 Å². The molecule has 0 fully saturated rings. The van der Waals surface area contributed by atoms with E-state index in [-0.39, 0.29) is 22.5 Å². The summed E-state index contributed by atoms with van der Waals surface area (Å²) in [4.78, 5) is 0. The normalized spacial score (nSPS) is 20.4. The van der Waals surface area contributed by atoms with Crippen molar-refractivity contribution in [1.29, 1.82) is 0 Å². The van der Waals surface area contributed by atoms with Gasteiger partial charge >= 0.3 is 0 Å². The van der Waals surface area contributed by atoms with Crippen LogP contribution in [0.25, 0.3) is 0 Å². The molecule has 0 aliphatic carbocycles. The second kappa shape index (κ2) is 3.82. The molecule has 2 atom stereocenters. The van der Waals surface area contributed by atoms with Crippen molar-refractivity contribution in [2.45, 2.75) is 66.5 Å². The van der Waals surface area contributed by atoms with Gasteiger partial charge in [-0.15, -0.1) is 0 Å². The summed E-state index contributed by atoms with van der Waals surface area (Å²) in [5.41, 5.74) is 5.71. The fourth-order valence-corrected chi connectivity index (χ4v) is 1.99. The maximum Gasteiger partial charge on any atom is 0.0571 e. The average molecular weight is 201 g/mol. The van der Waals surface area contributed by atoms with Crippen LogP contribution < -0.4 is 5.73 Å². The molecule has 0 bridgehead atoms. The molecule has 2 unspecified atom stereocenters. The minimum Gasteiger partial charge on any atom is -0.393 e. The van der Waals surface area contributed by atoms with Gasteiger partial charge in [-0.3, -0.25) is 0 Å². The van der Waals surface area contributed by atoms with Gasteiger partial charge in [0.1, 0.15) is 0 Å². The molecule has 0 spiro atoms. The lowest BCUT2D eigenvalue weighted by atomic mass is 9.60. The van der Waals surface area contributed by atoms with Gasteiger partial charge in [-0.1, -0.05) is 27.7 Å². The van der Waals surface area contributed by atoms with E-state index in [2.05, 4.69) is 27.7 Å². The standard InChI is InChI=1S/C12H27NO/c1-9(14)12(7,10(2,3)4)8-11(5,6)13/h9,14H,8,13H2,1-7H3. The minimum absolute atomic E-state index is 0.0534. The Kier molecular flexibility index (Phi) is 3.80. The second-order valence-corrected chi connectivity index (χ2v) is 6.51. The Labute approximate surface area is 88.9 Å². The lowest BCUT2D eigenvalue weighted by Gasteiger charge is -2.47. The Balaban J connectivity index is 4.94. The zero-order valence-electron chi connectivity index (χ0n) is 10.8. The van der Waals surface area contributed by atoms with Crippen LogP contribution >= 0.6 is 0 Å². The number of nitrogens with two attached hydrogens (primary N) is 1. The lowest BCUT2D eigenvalue weighted by Crippen LogP contribution is -2.49. The highest BCUT2D eigenvalue weighted by atomic mass is 16.3. The minimum atomic E-state index is -0.342. The summed E-state index contributed by atoms with van der Waals surface area (Å²) < 4.78 is 0. The van der Waals surface area contributed by atoms with Crippen molar-refractivity contribution < 1.29 is 5.11 Å².